The van der Waals surface area contributed by atoms with E-state index in [1.165, 1.54) is 24.2 Å². The van der Waals surface area contributed by atoms with Crippen LogP contribution < -0.4 is 11.1 Å². The lowest BCUT2D eigenvalue weighted by molar-refractivity contribution is 0.102. The molecule has 5 nitrogen and oxygen atoms in total. The first-order chi connectivity index (χ1) is 10.3. The third kappa shape index (κ3) is 3.27. The molecule has 2 heterocycles. The molecular weight excluding hydrogens is 284 g/mol. The number of amides is 1. The van der Waals surface area contributed by atoms with Crippen LogP contribution in [0.15, 0.2) is 23.7 Å². The Balaban J connectivity index is 1.78. The van der Waals surface area contributed by atoms with Gasteiger partial charge in [0.2, 0.25) is 0 Å². The van der Waals surface area contributed by atoms with Gasteiger partial charge >= 0.3 is 0 Å². The van der Waals surface area contributed by atoms with Crippen molar-refractivity contribution in [2.75, 3.05) is 11.9 Å². The Kier molecular flexibility index (Phi) is 3.95. The van der Waals surface area contributed by atoms with E-state index in [1.807, 2.05) is 5.38 Å². The molecule has 2 aromatic rings. The van der Waals surface area contributed by atoms with Crippen molar-refractivity contribution in [2.24, 2.45) is 5.73 Å². The van der Waals surface area contributed by atoms with Gasteiger partial charge in [0.25, 0.3) is 5.91 Å². The van der Waals surface area contributed by atoms with E-state index in [4.69, 9.17) is 5.73 Å². The third-order valence-corrected chi connectivity index (χ3v) is 3.86. The number of nitrogens with two attached hydrogens (primary N) is 1. The minimum Gasteiger partial charge on any atom is -0.320 e. The number of rotatable bonds is 3. The Bertz CT molecular complexity index is 725. The number of anilines is 1. The summed E-state index contributed by atoms with van der Waals surface area (Å²) in [6, 6.07) is 3.49. The predicted molar refractivity (Wildman–Crippen MR) is 82.2 cm³/mol. The molecule has 6 heteroatoms. The summed E-state index contributed by atoms with van der Waals surface area (Å²) in [6.45, 7) is 0.243. The van der Waals surface area contributed by atoms with Crippen molar-refractivity contribution in [3.8, 4) is 11.8 Å². The number of hydrogen-bond acceptors (Lipinski definition) is 5. The lowest BCUT2D eigenvalue weighted by Crippen LogP contribution is -2.15. The van der Waals surface area contributed by atoms with Crippen LogP contribution in [0.25, 0.3) is 0 Å². The number of nitrogens with one attached hydrogen (secondary N) is 1. The van der Waals surface area contributed by atoms with Crippen LogP contribution in [0.2, 0.25) is 0 Å². The summed E-state index contributed by atoms with van der Waals surface area (Å²) in [5, 5.41) is 5.39. The molecule has 1 aliphatic carbocycles. The van der Waals surface area contributed by atoms with E-state index in [1.54, 1.807) is 18.3 Å². The highest BCUT2D eigenvalue weighted by molar-refractivity contribution is 7.14. The van der Waals surface area contributed by atoms with Crippen LogP contribution >= 0.6 is 11.3 Å². The van der Waals surface area contributed by atoms with Gasteiger partial charge in [0.05, 0.1) is 17.8 Å². The Morgan fingerprint density at radius 3 is 3.14 bits per heavy atom. The van der Waals surface area contributed by atoms with Gasteiger partial charge in [-0.25, -0.2) is 9.97 Å². The molecule has 0 unspecified atom stereocenters. The van der Waals surface area contributed by atoms with Gasteiger partial charge in [-0.05, 0) is 25.0 Å². The first-order valence-electron chi connectivity index (χ1n) is 6.68. The normalized spacial score (nSPS) is 13.4. The zero-order chi connectivity index (χ0) is 14.7. The minimum atomic E-state index is -0.298. The van der Waals surface area contributed by atoms with Gasteiger partial charge < -0.3 is 5.73 Å². The Morgan fingerprint density at radius 2 is 2.38 bits per heavy atom. The Morgan fingerprint density at radius 1 is 1.52 bits per heavy atom. The van der Waals surface area contributed by atoms with Crippen molar-refractivity contribution >= 4 is 22.4 Å². The van der Waals surface area contributed by atoms with Crippen LogP contribution in [-0.2, 0) is 0 Å². The van der Waals surface area contributed by atoms with Crippen LogP contribution in [0, 0.1) is 11.8 Å². The first-order valence-corrected chi connectivity index (χ1v) is 7.56. The fraction of sp³-hybridized carbons (Fsp3) is 0.267. The average molecular weight is 298 g/mol. The number of hydrogen-bond donors (Lipinski definition) is 2. The molecule has 0 bridgehead atoms. The van der Waals surface area contributed by atoms with Crippen LogP contribution in [0.1, 0.15) is 40.5 Å². The quantitative estimate of drug-likeness (QED) is 0.849. The molecule has 2 aromatic heterocycles. The summed E-state index contributed by atoms with van der Waals surface area (Å²) in [5.74, 6) is 5.87. The standard InChI is InChI=1S/C15H14N4OS/c16-7-1-3-11-4-2-8-17-13(11)14(20)19-15-18-12(9-21-15)10-5-6-10/h2,4,8-10H,5-7,16H2,(H,18,19,20). The first kappa shape index (κ1) is 13.7. The number of thiazole rings is 1. The molecular formula is C15H14N4OS. The number of nitrogens with zero attached hydrogens (tertiary/aromatic N) is 2. The summed E-state index contributed by atoms with van der Waals surface area (Å²) in [4.78, 5) is 20.8. The fourth-order valence-corrected chi connectivity index (χ4v) is 2.69. The summed E-state index contributed by atoms with van der Waals surface area (Å²) >= 11 is 1.44. The van der Waals surface area contributed by atoms with Crippen molar-refractivity contribution in [2.45, 2.75) is 18.8 Å². The second-order valence-corrected chi connectivity index (χ2v) is 5.57. The molecule has 0 atom stereocenters. The molecule has 1 saturated carbocycles. The lowest BCUT2D eigenvalue weighted by Gasteiger charge is -2.03. The highest BCUT2D eigenvalue weighted by Crippen LogP contribution is 2.40. The van der Waals surface area contributed by atoms with Gasteiger partial charge in [-0.1, -0.05) is 11.8 Å². The fourth-order valence-electron chi connectivity index (χ4n) is 1.90. The Labute approximate surface area is 126 Å². The molecule has 0 aliphatic heterocycles. The number of pyridine rings is 1. The van der Waals surface area contributed by atoms with E-state index >= 15 is 0 Å². The van der Waals surface area contributed by atoms with E-state index in [0.29, 0.717) is 22.3 Å². The molecule has 106 valence electrons. The monoisotopic (exact) mass is 298 g/mol. The van der Waals surface area contributed by atoms with E-state index in [9.17, 15) is 4.79 Å². The van der Waals surface area contributed by atoms with E-state index < -0.39 is 0 Å². The van der Waals surface area contributed by atoms with Crippen molar-refractivity contribution in [3.63, 3.8) is 0 Å². The van der Waals surface area contributed by atoms with E-state index in [2.05, 4.69) is 27.1 Å². The summed E-state index contributed by atoms with van der Waals surface area (Å²) in [6.07, 6.45) is 3.95. The zero-order valence-electron chi connectivity index (χ0n) is 11.3. The molecule has 1 amide bonds. The second kappa shape index (κ2) is 6.04. The van der Waals surface area contributed by atoms with Crippen LogP contribution in [0.5, 0.6) is 0 Å². The van der Waals surface area contributed by atoms with Crippen LogP contribution in [0.4, 0.5) is 5.13 Å². The molecule has 1 aliphatic rings. The molecule has 0 spiro atoms. The molecule has 0 saturated heterocycles. The van der Waals surface area contributed by atoms with Crippen molar-refractivity contribution in [3.05, 3.63) is 40.7 Å². The maximum Gasteiger partial charge on any atom is 0.277 e. The van der Waals surface area contributed by atoms with Crippen molar-refractivity contribution < 1.29 is 4.79 Å². The van der Waals surface area contributed by atoms with Crippen LogP contribution in [-0.4, -0.2) is 22.4 Å². The largest absolute Gasteiger partial charge is 0.320 e. The lowest BCUT2D eigenvalue weighted by atomic mass is 10.2. The van der Waals surface area contributed by atoms with Gasteiger partial charge in [-0.3, -0.25) is 10.1 Å². The molecule has 3 N–H and O–H groups in total. The minimum absolute atomic E-state index is 0.243. The van der Waals surface area contributed by atoms with Gasteiger partial charge in [-0.15, -0.1) is 11.3 Å². The van der Waals surface area contributed by atoms with Gasteiger partial charge in [-0.2, -0.15) is 0 Å². The predicted octanol–water partition coefficient (Wildman–Crippen LogP) is 1.98. The molecule has 3 rings (SSSR count). The molecule has 0 radical (unpaired) electrons. The van der Waals surface area contributed by atoms with Crippen LogP contribution in [0.3, 0.4) is 0 Å². The Hall–Kier alpha value is -2.23. The number of carbonyl (C=O) groups is 1. The summed E-state index contributed by atoms with van der Waals surface area (Å²) < 4.78 is 0. The zero-order valence-corrected chi connectivity index (χ0v) is 12.1. The second-order valence-electron chi connectivity index (χ2n) is 4.71. The number of carbonyl (C=O) groups excluding carboxylic acids is 1. The SMILES string of the molecule is NCC#Cc1cccnc1C(=O)Nc1nc(C2CC2)cs1. The maximum atomic E-state index is 12.3. The molecule has 1 fully saturated rings. The third-order valence-electron chi connectivity index (χ3n) is 3.09. The van der Waals surface area contributed by atoms with Gasteiger partial charge in [0, 0.05) is 17.5 Å². The maximum absolute atomic E-state index is 12.3. The van der Waals surface area contributed by atoms with Crippen molar-refractivity contribution in [1.29, 1.82) is 0 Å². The highest BCUT2D eigenvalue weighted by atomic mass is 32.1. The average Bonchev–Trinajstić information content (AvgIpc) is 3.26. The van der Waals surface area contributed by atoms with E-state index in [-0.39, 0.29) is 12.5 Å². The highest BCUT2D eigenvalue weighted by Gasteiger charge is 2.26. The van der Waals surface area contributed by atoms with Gasteiger partial charge in [0.15, 0.2) is 5.13 Å². The van der Waals surface area contributed by atoms with Crippen molar-refractivity contribution in [1.82, 2.24) is 9.97 Å². The smallest absolute Gasteiger partial charge is 0.277 e. The molecule has 21 heavy (non-hydrogen) atoms. The van der Waals surface area contributed by atoms with Gasteiger partial charge in [0.1, 0.15) is 5.69 Å². The molecule has 0 aromatic carbocycles. The summed E-state index contributed by atoms with van der Waals surface area (Å²) in [7, 11) is 0. The topological polar surface area (TPSA) is 80.9 Å². The van der Waals surface area contributed by atoms with E-state index in [0.717, 1.165) is 5.69 Å². The number of aromatic nitrogens is 2. The summed E-state index contributed by atoms with van der Waals surface area (Å²) in [5.41, 5.74) is 7.29.